The van der Waals surface area contributed by atoms with Gasteiger partial charge in [0, 0.05) is 11.9 Å². The number of carbonyl (C=O) groups excluding carboxylic acids is 2. The van der Waals surface area contributed by atoms with Crippen molar-refractivity contribution in [1.29, 1.82) is 0 Å². The van der Waals surface area contributed by atoms with Crippen molar-refractivity contribution in [2.45, 2.75) is 0 Å². The van der Waals surface area contributed by atoms with E-state index in [9.17, 15) is 9.59 Å². The molecule has 1 aromatic rings. The smallest absolute Gasteiger partial charge is 0.326 e. The summed E-state index contributed by atoms with van der Waals surface area (Å²) >= 11 is 0. The molecule has 1 aliphatic rings. The van der Waals surface area contributed by atoms with Gasteiger partial charge in [-0.1, -0.05) is 0 Å². The predicted octanol–water partition coefficient (Wildman–Crippen LogP) is 0.195. The second-order valence-corrected chi connectivity index (χ2v) is 2.59. The molecule has 66 valence electrons. The van der Waals surface area contributed by atoms with Gasteiger partial charge < -0.3 is 10.3 Å². The molecule has 3 N–H and O–H groups in total. The standard InChI is InChI=1S/C8H7N3O2/c12-7-6(10-8(13)11-7)4-5-2-1-3-9-5/h1-4,9H,(H2,10,11,12,13)/b6-4+. The Balaban J connectivity index is 2.27. The highest BCUT2D eigenvalue weighted by Gasteiger charge is 2.22. The van der Waals surface area contributed by atoms with Gasteiger partial charge in [0.1, 0.15) is 5.70 Å². The number of hydrogen-bond acceptors (Lipinski definition) is 2. The number of urea groups is 1. The van der Waals surface area contributed by atoms with Crippen LogP contribution in [-0.2, 0) is 4.79 Å². The van der Waals surface area contributed by atoms with Gasteiger partial charge in [0.15, 0.2) is 0 Å². The SMILES string of the molecule is O=C1NC(=O)/C(=C\c2ccc[nH]2)N1. The molecule has 2 heterocycles. The van der Waals surface area contributed by atoms with Crippen LogP contribution in [0.15, 0.2) is 24.0 Å². The molecule has 1 saturated heterocycles. The van der Waals surface area contributed by atoms with E-state index in [-0.39, 0.29) is 5.70 Å². The number of amides is 3. The Morgan fingerprint density at radius 3 is 2.62 bits per heavy atom. The highest BCUT2D eigenvalue weighted by atomic mass is 16.2. The minimum Gasteiger partial charge on any atom is -0.362 e. The average molecular weight is 177 g/mol. The van der Waals surface area contributed by atoms with Crippen LogP contribution in [-0.4, -0.2) is 16.9 Å². The third-order valence-electron chi connectivity index (χ3n) is 1.64. The second-order valence-electron chi connectivity index (χ2n) is 2.59. The van der Waals surface area contributed by atoms with Crippen LogP contribution in [0.1, 0.15) is 5.69 Å². The van der Waals surface area contributed by atoms with E-state index in [4.69, 9.17) is 0 Å². The monoisotopic (exact) mass is 177 g/mol. The molecule has 5 nitrogen and oxygen atoms in total. The van der Waals surface area contributed by atoms with Crippen molar-refractivity contribution in [1.82, 2.24) is 15.6 Å². The van der Waals surface area contributed by atoms with Crippen LogP contribution in [0.25, 0.3) is 6.08 Å². The fraction of sp³-hybridized carbons (Fsp3) is 0. The summed E-state index contributed by atoms with van der Waals surface area (Å²) in [6.07, 6.45) is 3.31. The highest BCUT2D eigenvalue weighted by Crippen LogP contribution is 2.04. The highest BCUT2D eigenvalue weighted by molar-refractivity contribution is 6.13. The van der Waals surface area contributed by atoms with Crippen molar-refractivity contribution in [3.05, 3.63) is 29.7 Å². The number of hydrogen-bond donors (Lipinski definition) is 3. The number of aromatic nitrogens is 1. The summed E-state index contributed by atoms with van der Waals surface area (Å²) in [5.41, 5.74) is 1.03. The zero-order chi connectivity index (χ0) is 9.26. The van der Waals surface area contributed by atoms with Crippen molar-refractivity contribution in [3.8, 4) is 0 Å². The van der Waals surface area contributed by atoms with Gasteiger partial charge in [-0.2, -0.15) is 0 Å². The summed E-state index contributed by atoms with van der Waals surface area (Å²) in [5.74, 6) is -0.403. The van der Waals surface area contributed by atoms with E-state index in [2.05, 4.69) is 15.6 Å². The molecule has 0 unspecified atom stereocenters. The van der Waals surface area contributed by atoms with Gasteiger partial charge in [-0.3, -0.25) is 10.1 Å². The molecule has 0 radical (unpaired) electrons. The largest absolute Gasteiger partial charge is 0.362 e. The van der Waals surface area contributed by atoms with E-state index < -0.39 is 11.9 Å². The molecule has 0 spiro atoms. The fourth-order valence-corrected chi connectivity index (χ4v) is 1.07. The van der Waals surface area contributed by atoms with Crippen molar-refractivity contribution < 1.29 is 9.59 Å². The van der Waals surface area contributed by atoms with Crippen molar-refractivity contribution in [2.24, 2.45) is 0 Å². The van der Waals surface area contributed by atoms with Crippen LogP contribution in [0.2, 0.25) is 0 Å². The molecule has 0 aromatic carbocycles. The Labute approximate surface area is 73.8 Å². The van der Waals surface area contributed by atoms with Gasteiger partial charge in [-0.15, -0.1) is 0 Å². The van der Waals surface area contributed by atoms with Crippen LogP contribution in [0.3, 0.4) is 0 Å². The first-order valence-electron chi connectivity index (χ1n) is 3.73. The van der Waals surface area contributed by atoms with Crippen molar-refractivity contribution in [2.75, 3.05) is 0 Å². The third-order valence-corrected chi connectivity index (χ3v) is 1.64. The Hall–Kier alpha value is -2.04. The van der Waals surface area contributed by atoms with Gasteiger partial charge >= 0.3 is 6.03 Å². The molecule has 1 aliphatic heterocycles. The first kappa shape index (κ1) is 7.60. The van der Waals surface area contributed by atoms with E-state index in [0.717, 1.165) is 5.69 Å². The lowest BCUT2D eigenvalue weighted by Crippen LogP contribution is -2.22. The van der Waals surface area contributed by atoms with Crippen LogP contribution >= 0.6 is 0 Å². The zero-order valence-corrected chi connectivity index (χ0v) is 6.63. The normalized spacial score (nSPS) is 18.9. The van der Waals surface area contributed by atoms with Crippen molar-refractivity contribution in [3.63, 3.8) is 0 Å². The Bertz CT molecular complexity index is 378. The maximum Gasteiger partial charge on any atom is 0.326 e. The molecule has 1 fully saturated rings. The molecule has 1 aromatic heterocycles. The number of H-pyrrole nitrogens is 1. The maximum atomic E-state index is 11.0. The average Bonchev–Trinajstić information content (AvgIpc) is 2.63. The topological polar surface area (TPSA) is 74.0 Å². The van der Waals surface area contributed by atoms with Gasteiger partial charge in [-0.25, -0.2) is 4.79 Å². The molecule has 0 bridgehead atoms. The fourth-order valence-electron chi connectivity index (χ4n) is 1.07. The van der Waals surface area contributed by atoms with Crippen molar-refractivity contribution >= 4 is 18.0 Å². The molecule has 2 rings (SSSR count). The molecule has 0 aliphatic carbocycles. The second kappa shape index (κ2) is 2.78. The van der Waals surface area contributed by atoms with Gasteiger partial charge in [0.25, 0.3) is 5.91 Å². The van der Waals surface area contributed by atoms with Gasteiger partial charge in [0.2, 0.25) is 0 Å². The summed E-state index contributed by atoms with van der Waals surface area (Å²) in [5, 5.41) is 4.49. The van der Waals surface area contributed by atoms with E-state index in [1.165, 1.54) is 0 Å². The summed E-state index contributed by atoms with van der Waals surface area (Å²) in [6, 6.07) is 3.12. The predicted molar refractivity (Wildman–Crippen MR) is 45.4 cm³/mol. The molecule has 13 heavy (non-hydrogen) atoms. The van der Waals surface area contributed by atoms with Crippen LogP contribution in [0.5, 0.6) is 0 Å². The summed E-state index contributed by atoms with van der Waals surface area (Å²) < 4.78 is 0. The molecule has 0 atom stereocenters. The summed E-state index contributed by atoms with van der Waals surface area (Å²) in [7, 11) is 0. The Morgan fingerprint density at radius 2 is 2.08 bits per heavy atom. The maximum absolute atomic E-state index is 11.0. The van der Waals surface area contributed by atoms with Crippen LogP contribution in [0, 0.1) is 0 Å². The van der Waals surface area contributed by atoms with E-state index in [0.29, 0.717) is 0 Å². The summed E-state index contributed by atoms with van der Waals surface area (Å²) in [6.45, 7) is 0. The molecular weight excluding hydrogens is 170 g/mol. The number of aromatic amines is 1. The number of carbonyl (C=O) groups is 2. The molecular formula is C8H7N3O2. The van der Waals surface area contributed by atoms with Crippen LogP contribution in [0.4, 0.5) is 4.79 Å². The minimum absolute atomic E-state index is 0.257. The van der Waals surface area contributed by atoms with E-state index >= 15 is 0 Å². The Morgan fingerprint density at radius 1 is 1.23 bits per heavy atom. The lowest BCUT2D eigenvalue weighted by Gasteiger charge is -1.90. The first-order chi connectivity index (χ1) is 6.25. The number of imide groups is 1. The molecule has 0 saturated carbocycles. The van der Waals surface area contributed by atoms with E-state index in [1.54, 1.807) is 24.4 Å². The summed E-state index contributed by atoms with van der Waals surface area (Å²) in [4.78, 5) is 24.6. The Kier molecular flexibility index (Phi) is 1.63. The number of nitrogens with one attached hydrogen (secondary N) is 3. The van der Waals surface area contributed by atoms with E-state index in [1.807, 2.05) is 0 Å². The molecule has 3 amide bonds. The van der Waals surface area contributed by atoms with Gasteiger partial charge in [-0.05, 0) is 18.2 Å². The third kappa shape index (κ3) is 1.44. The zero-order valence-electron chi connectivity index (χ0n) is 6.63. The van der Waals surface area contributed by atoms with Crippen LogP contribution < -0.4 is 10.6 Å². The number of rotatable bonds is 1. The first-order valence-corrected chi connectivity index (χ1v) is 3.73. The van der Waals surface area contributed by atoms with Gasteiger partial charge in [0.05, 0.1) is 0 Å². The lowest BCUT2D eigenvalue weighted by molar-refractivity contribution is -0.115. The lowest BCUT2D eigenvalue weighted by atomic mass is 10.3. The molecule has 5 heteroatoms. The minimum atomic E-state index is -0.484. The quantitative estimate of drug-likeness (QED) is 0.423.